The number of halogens is 1. The molecule has 0 radical (unpaired) electrons. The van der Waals surface area contributed by atoms with Crippen molar-refractivity contribution in [3.05, 3.63) is 58.4 Å². The number of hydrogen-bond donors (Lipinski definition) is 2. The van der Waals surface area contributed by atoms with Crippen molar-refractivity contribution in [2.75, 3.05) is 10.5 Å². The van der Waals surface area contributed by atoms with E-state index in [-0.39, 0.29) is 5.69 Å². The van der Waals surface area contributed by atoms with Crippen LogP contribution in [0, 0.1) is 15.9 Å². The van der Waals surface area contributed by atoms with Crippen LogP contribution in [0.4, 0.5) is 21.5 Å². The normalized spacial score (nSPS) is 11.1. The predicted octanol–water partition coefficient (Wildman–Crippen LogP) is 2.12. The quantitative estimate of drug-likeness (QED) is 0.510. The molecule has 0 spiro atoms. The van der Waals surface area contributed by atoms with E-state index in [9.17, 15) is 22.9 Å². The van der Waals surface area contributed by atoms with Crippen molar-refractivity contribution in [3.8, 4) is 0 Å². The number of hydrogen-bond acceptors (Lipinski definition) is 5. The van der Waals surface area contributed by atoms with Crippen LogP contribution in [-0.2, 0) is 10.0 Å². The maximum Gasteiger partial charge on any atom is 0.292 e. The highest BCUT2D eigenvalue weighted by atomic mass is 32.2. The maximum absolute atomic E-state index is 13.0. The second kappa shape index (κ2) is 5.37. The topological polar surface area (TPSA) is 115 Å². The smallest absolute Gasteiger partial charge is 0.292 e. The lowest BCUT2D eigenvalue weighted by Gasteiger charge is -2.09. The molecule has 3 N–H and O–H groups in total. The van der Waals surface area contributed by atoms with E-state index in [0.29, 0.717) is 11.8 Å². The maximum atomic E-state index is 13.0. The molecule has 0 saturated heterocycles. The van der Waals surface area contributed by atoms with Crippen LogP contribution in [0.3, 0.4) is 0 Å². The first kappa shape index (κ1) is 14.7. The Morgan fingerprint density at radius 2 is 1.90 bits per heavy atom. The Labute approximate surface area is 119 Å². The lowest BCUT2D eigenvalue weighted by atomic mass is 10.3. The summed E-state index contributed by atoms with van der Waals surface area (Å²) in [7, 11) is -4.24. The first-order chi connectivity index (χ1) is 9.79. The van der Waals surface area contributed by atoms with Crippen molar-refractivity contribution >= 4 is 27.1 Å². The molecule has 0 saturated carbocycles. The number of nitrogens with one attached hydrogen (secondary N) is 1. The van der Waals surface area contributed by atoms with E-state index in [4.69, 9.17) is 5.73 Å². The molecule has 0 aliphatic heterocycles. The Hall–Kier alpha value is -2.68. The van der Waals surface area contributed by atoms with Gasteiger partial charge in [-0.3, -0.25) is 14.8 Å². The average Bonchev–Trinajstić information content (AvgIpc) is 2.37. The summed E-state index contributed by atoms with van der Waals surface area (Å²) in [6, 6.07) is 8.08. The summed E-state index contributed by atoms with van der Waals surface area (Å²) in [5.74, 6) is -0.899. The SMILES string of the molecule is Nc1cccc(NS(=O)(=O)c2ccc(F)cc2[N+](=O)[O-])c1. The third-order valence-electron chi connectivity index (χ3n) is 2.55. The second-order valence-electron chi connectivity index (χ2n) is 4.10. The number of nitrogens with zero attached hydrogens (tertiary/aromatic N) is 1. The van der Waals surface area contributed by atoms with E-state index in [2.05, 4.69) is 4.72 Å². The molecule has 0 fully saturated rings. The van der Waals surface area contributed by atoms with Crippen molar-refractivity contribution in [1.82, 2.24) is 0 Å². The summed E-state index contributed by atoms with van der Waals surface area (Å²) >= 11 is 0. The number of nitrogen functional groups attached to an aromatic ring is 1. The van der Waals surface area contributed by atoms with Crippen LogP contribution < -0.4 is 10.5 Å². The second-order valence-corrected chi connectivity index (χ2v) is 5.75. The molecule has 0 amide bonds. The predicted molar refractivity (Wildman–Crippen MR) is 74.7 cm³/mol. The van der Waals surface area contributed by atoms with Crippen molar-refractivity contribution in [2.45, 2.75) is 4.90 Å². The molecule has 0 aliphatic carbocycles. The van der Waals surface area contributed by atoms with Crippen LogP contribution in [0.15, 0.2) is 47.4 Å². The summed E-state index contributed by atoms with van der Waals surface area (Å²) in [6.45, 7) is 0. The monoisotopic (exact) mass is 311 g/mol. The highest BCUT2D eigenvalue weighted by Gasteiger charge is 2.26. The van der Waals surface area contributed by atoms with Gasteiger partial charge in [0.25, 0.3) is 15.7 Å². The molecular weight excluding hydrogens is 301 g/mol. The average molecular weight is 311 g/mol. The van der Waals surface area contributed by atoms with Crippen LogP contribution in [0.5, 0.6) is 0 Å². The van der Waals surface area contributed by atoms with Gasteiger partial charge in [0.2, 0.25) is 0 Å². The van der Waals surface area contributed by atoms with Gasteiger partial charge in [0, 0.05) is 5.69 Å². The fourth-order valence-corrected chi connectivity index (χ4v) is 2.88. The number of nitro benzene ring substituents is 1. The number of sulfonamides is 1. The molecule has 0 heterocycles. The molecule has 110 valence electrons. The molecule has 7 nitrogen and oxygen atoms in total. The zero-order chi connectivity index (χ0) is 15.6. The van der Waals surface area contributed by atoms with E-state index in [1.54, 1.807) is 6.07 Å². The summed E-state index contributed by atoms with van der Waals surface area (Å²) < 4.78 is 39.5. The summed E-state index contributed by atoms with van der Waals surface area (Å²) in [4.78, 5) is 9.26. The third-order valence-corrected chi connectivity index (χ3v) is 3.97. The molecule has 0 atom stereocenters. The van der Waals surface area contributed by atoms with E-state index in [1.165, 1.54) is 18.2 Å². The highest BCUT2D eigenvalue weighted by Crippen LogP contribution is 2.26. The zero-order valence-electron chi connectivity index (χ0n) is 10.5. The lowest BCUT2D eigenvalue weighted by molar-refractivity contribution is -0.388. The summed E-state index contributed by atoms with van der Waals surface area (Å²) in [6.07, 6.45) is 0. The fraction of sp³-hybridized carbons (Fsp3) is 0. The third kappa shape index (κ3) is 3.26. The Balaban J connectivity index is 2.47. The van der Waals surface area contributed by atoms with E-state index >= 15 is 0 Å². The molecule has 21 heavy (non-hydrogen) atoms. The van der Waals surface area contributed by atoms with Gasteiger partial charge in [0.15, 0.2) is 4.90 Å². The van der Waals surface area contributed by atoms with Crippen LogP contribution in [-0.4, -0.2) is 13.3 Å². The summed E-state index contributed by atoms with van der Waals surface area (Å²) in [5.41, 5.74) is 5.15. The minimum atomic E-state index is -4.24. The largest absolute Gasteiger partial charge is 0.399 e. The Morgan fingerprint density at radius 3 is 2.52 bits per heavy atom. The molecule has 0 aromatic heterocycles. The van der Waals surface area contributed by atoms with Gasteiger partial charge in [-0.2, -0.15) is 0 Å². The minimum absolute atomic E-state index is 0.147. The molecule has 0 aliphatic rings. The van der Waals surface area contributed by atoms with Gasteiger partial charge in [-0.15, -0.1) is 0 Å². The van der Waals surface area contributed by atoms with Crippen LogP contribution >= 0.6 is 0 Å². The molecule has 2 aromatic carbocycles. The van der Waals surface area contributed by atoms with Gasteiger partial charge >= 0.3 is 0 Å². The van der Waals surface area contributed by atoms with Crippen LogP contribution in [0.2, 0.25) is 0 Å². The van der Waals surface area contributed by atoms with Gasteiger partial charge in [0.05, 0.1) is 16.7 Å². The Morgan fingerprint density at radius 1 is 1.19 bits per heavy atom. The van der Waals surface area contributed by atoms with Crippen molar-refractivity contribution < 1.29 is 17.7 Å². The van der Waals surface area contributed by atoms with Crippen LogP contribution in [0.1, 0.15) is 0 Å². The lowest BCUT2D eigenvalue weighted by Crippen LogP contribution is -2.15. The molecule has 0 bridgehead atoms. The number of nitro groups is 1. The zero-order valence-corrected chi connectivity index (χ0v) is 11.3. The standard InChI is InChI=1S/C12H10FN3O4S/c13-8-4-5-12(11(6-8)16(17)18)21(19,20)15-10-3-1-2-9(14)7-10/h1-7,15H,14H2. The number of nitrogens with two attached hydrogens (primary N) is 1. The van der Waals surface area contributed by atoms with Gasteiger partial charge < -0.3 is 5.73 Å². The van der Waals surface area contributed by atoms with E-state index < -0.39 is 31.3 Å². The van der Waals surface area contributed by atoms with Crippen LogP contribution in [0.25, 0.3) is 0 Å². The van der Waals surface area contributed by atoms with Crippen molar-refractivity contribution in [1.29, 1.82) is 0 Å². The highest BCUT2D eigenvalue weighted by molar-refractivity contribution is 7.92. The van der Waals surface area contributed by atoms with Crippen molar-refractivity contribution in [2.24, 2.45) is 0 Å². The van der Waals surface area contributed by atoms with E-state index in [0.717, 1.165) is 12.1 Å². The summed E-state index contributed by atoms with van der Waals surface area (Å²) in [5, 5.41) is 10.9. The van der Waals surface area contributed by atoms with Gasteiger partial charge in [-0.1, -0.05) is 6.07 Å². The number of rotatable bonds is 4. The van der Waals surface area contributed by atoms with Crippen molar-refractivity contribution in [3.63, 3.8) is 0 Å². The molecule has 2 rings (SSSR count). The Kier molecular flexibility index (Phi) is 3.76. The molecule has 0 unspecified atom stereocenters. The molecule has 2 aromatic rings. The molecular formula is C12H10FN3O4S. The first-order valence-electron chi connectivity index (χ1n) is 5.62. The minimum Gasteiger partial charge on any atom is -0.399 e. The number of anilines is 2. The van der Waals surface area contributed by atoms with E-state index in [1.807, 2.05) is 0 Å². The van der Waals surface area contributed by atoms with Gasteiger partial charge in [-0.05, 0) is 30.3 Å². The fourth-order valence-electron chi connectivity index (χ4n) is 1.67. The number of benzene rings is 2. The Bertz CT molecular complexity index is 808. The first-order valence-corrected chi connectivity index (χ1v) is 7.10. The molecule has 9 heteroatoms. The van der Waals surface area contributed by atoms with Gasteiger partial charge in [-0.25, -0.2) is 12.8 Å². The van der Waals surface area contributed by atoms with Gasteiger partial charge in [0.1, 0.15) is 5.82 Å².